The number of carbonyl (C=O) groups is 3. The van der Waals surface area contributed by atoms with Crippen LogP contribution in [0.1, 0.15) is 5.69 Å². The van der Waals surface area contributed by atoms with Gasteiger partial charge in [-0.05, 0) is 5.57 Å². The van der Waals surface area contributed by atoms with Crippen molar-refractivity contribution in [1.82, 2.24) is 15.2 Å². The van der Waals surface area contributed by atoms with Crippen LogP contribution >= 0.6 is 35.7 Å². The Morgan fingerprint density at radius 2 is 2.33 bits per heavy atom. The molecule has 0 aliphatic carbocycles. The highest BCUT2D eigenvalue weighted by molar-refractivity contribution is 8.00. The smallest absolute Gasteiger partial charge is 0.352 e. The maximum Gasteiger partial charge on any atom is 0.352 e. The van der Waals surface area contributed by atoms with Crippen molar-refractivity contribution in [2.24, 2.45) is 5.16 Å². The first kappa shape index (κ1) is 19.5. The van der Waals surface area contributed by atoms with Gasteiger partial charge in [0.1, 0.15) is 29.9 Å². The van der Waals surface area contributed by atoms with Crippen molar-refractivity contribution in [1.29, 1.82) is 0 Å². The van der Waals surface area contributed by atoms with Crippen LogP contribution in [0.2, 0.25) is 0 Å². The second-order valence-corrected chi connectivity index (χ2v) is 7.78. The third-order valence-electron chi connectivity index (χ3n) is 3.89. The zero-order chi connectivity index (χ0) is 19.7. The van der Waals surface area contributed by atoms with Gasteiger partial charge in [-0.3, -0.25) is 14.5 Å². The Bertz CT molecular complexity index is 867. The fourth-order valence-corrected chi connectivity index (χ4v) is 5.01. The molecule has 0 bridgehead atoms. The first-order valence-corrected chi connectivity index (χ1v) is 10.1. The number of carbonyl (C=O) groups excluding carboxylic acids is 2. The largest absolute Gasteiger partial charge is 0.477 e. The average molecular weight is 430 g/mol. The molecule has 2 aliphatic heterocycles. The first-order valence-electron chi connectivity index (χ1n) is 7.53. The van der Waals surface area contributed by atoms with E-state index in [0.29, 0.717) is 11.3 Å². The number of nitrogens with one attached hydrogen (secondary N) is 1. The number of hydrogen-bond acceptors (Lipinski definition) is 10. The van der Waals surface area contributed by atoms with Gasteiger partial charge >= 0.3 is 5.97 Å². The number of nitrogen functional groups attached to an aromatic ring is 1. The molecule has 2 amide bonds. The summed E-state index contributed by atoms with van der Waals surface area (Å²) in [7, 11) is 1.28. The number of thiol groups is 1. The number of nitrogens with two attached hydrogens (primary N) is 1. The summed E-state index contributed by atoms with van der Waals surface area (Å²) < 4.78 is 0. The van der Waals surface area contributed by atoms with Crippen LogP contribution in [0.3, 0.4) is 0 Å². The predicted molar refractivity (Wildman–Crippen MR) is 104 cm³/mol. The van der Waals surface area contributed by atoms with Gasteiger partial charge < -0.3 is 21.0 Å². The molecular formula is C14H15N5O5S3. The van der Waals surface area contributed by atoms with E-state index >= 15 is 0 Å². The van der Waals surface area contributed by atoms with Crippen molar-refractivity contribution in [3.05, 3.63) is 22.3 Å². The molecule has 2 atom stereocenters. The van der Waals surface area contributed by atoms with Crippen LogP contribution < -0.4 is 11.1 Å². The topological polar surface area (TPSA) is 147 Å². The number of oxime groups is 1. The number of hydrogen-bond donors (Lipinski definition) is 4. The van der Waals surface area contributed by atoms with E-state index in [1.807, 2.05) is 0 Å². The van der Waals surface area contributed by atoms with Crippen LogP contribution in [0.25, 0.3) is 0 Å². The summed E-state index contributed by atoms with van der Waals surface area (Å²) in [6.07, 6.45) is 0. The molecule has 1 fully saturated rings. The molecule has 1 aromatic heterocycles. The van der Waals surface area contributed by atoms with Crippen molar-refractivity contribution in [2.45, 2.75) is 11.4 Å². The highest BCUT2D eigenvalue weighted by Crippen LogP contribution is 2.40. The molecule has 4 N–H and O–H groups in total. The van der Waals surface area contributed by atoms with Crippen molar-refractivity contribution in [2.75, 3.05) is 24.3 Å². The fraction of sp³-hybridized carbons (Fsp3) is 0.357. The number of amides is 2. The molecule has 0 aromatic carbocycles. The van der Waals surface area contributed by atoms with Crippen molar-refractivity contribution in [3.63, 3.8) is 0 Å². The number of carboxylic acid groups (broad SMARTS) is 1. The number of β-lactam (4-membered cyclic amide) rings is 1. The lowest BCUT2D eigenvalue weighted by Crippen LogP contribution is -2.71. The summed E-state index contributed by atoms with van der Waals surface area (Å²) in [5.74, 6) is -1.72. The number of nitrogens with zero attached hydrogens (tertiary/aromatic N) is 3. The zero-order valence-electron chi connectivity index (χ0n) is 13.9. The van der Waals surface area contributed by atoms with Crippen LogP contribution in [0.4, 0.5) is 5.13 Å². The summed E-state index contributed by atoms with van der Waals surface area (Å²) in [5.41, 5.74) is 6.17. The maximum absolute atomic E-state index is 12.6. The summed E-state index contributed by atoms with van der Waals surface area (Å²) in [5, 5.41) is 16.9. The molecule has 0 radical (unpaired) electrons. The molecule has 10 nitrogen and oxygen atoms in total. The summed E-state index contributed by atoms with van der Waals surface area (Å²) in [6, 6.07) is -0.878. The lowest BCUT2D eigenvalue weighted by Gasteiger charge is -2.49. The molecule has 13 heteroatoms. The van der Waals surface area contributed by atoms with Crippen LogP contribution in [0.15, 0.2) is 21.8 Å². The molecule has 3 heterocycles. The van der Waals surface area contributed by atoms with Crippen LogP contribution in [-0.2, 0) is 19.2 Å². The molecule has 0 saturated carbocycles. The summed E-state index contributed by atoms with van der Waals surface area (Å²) >= 11 is 6.62. The first-order chi connectivity index (χ1) is 12.9. The number of fused-ring (bicyclic) bond motifs is 1. The predicted octanol–water partition coefficient (Wildman–Crippen LogP) is -0.256. The van der Waals surface area contributed by atoms with Gasteiger partial charge in [0.25, 0.3) is 11.8 Å². The maximum atomic E-state index is 12.6. The zero-order valence-corrected chi connectivity index (χ0v) is 16.4. The third-order valence-corrected chi connectivity index (χ3v) is 6.28. The van der Waals surface area contributed by atoms with Gasteiger partial charge in [-0.15, -0.1) is 23.1 Å². The van der Waals surface area contributed by atoms with E-state index in [4.69, 9.17) is 5.73 Å². The van der Waals surface area contributed by atoms with E-state index in [0.717, 1.165) is 11.3 Å². The van der Waals surface area contributed by atoms with Gasteiger partial charge in [-0.2, -0.15) is 12.6 Å². The molecule has 144 valence electrons. The molecule has 1 aromatic rings. The van der Waals surface area contributed by atoms with E-state index in [2.05, 4.69) is 32.9 Å². The van der Waals surface area contributed by atoms with E-state index in [1.165, 1.54) is 23.8 Å². The number of aromatic nitrogens is 1. The molecule has 3 rings (SSSR count). The van der Waals surface area contributed by atoms with Gasteiger partial charge in [0.05, 0.1) is 0 Å². The van der Waals surface area contributed by atoms with E-state index in [9.17, 15) is 19.5 Å². The normalized spacial score (nSPS) is 22.2. The van der Waals surface area contributed by atoms with Gasteiger partial charge in [0.15, 0.2) is 10.8 Å². The SMILES string of the molecule is CO/N=C(\C(=O)NC1C(=O)N2C(C(=O)O)=C(CS)CS[C@@H]12)c1csc(N)n1. The number of thioether (sulfide) groups is 1. The number of thiazole rings is 1. The van der Waals surface area contributed by atoms with Gasteiger partial charge in [0, 0.05) is 16.9 Å². The molecule has 1 unspecified atom stereocenters. The van der Waals surface area contributed by atoms with E-state index < -0.39 is 29.2 Å². The number of rotatable bonds is 6. The standard InChI is InChI=1S/C14H15N5O5S3/c1-24-18-7(6-4-27-14(15)16-6)10(20)17-8-11(21)19-9(13(22)23)5(2-25)3-26-12(8)19/h4,8,12,25H,2-3H2,1H3,(H2,15,16)(H,17,20)(H,22,23)/b18-7-/t8?,12-/m0/s1. The molecular weight excluding hydrogens is 414 g/mol. The lowest BCUT2D eigenvalue weighted by atomic mass is 10.0. The Morgan fingerprint density at radius 1 is 1.59 bits per heavy atom. The Hall–Kier alpha value is -2.25. The number of anilines is 1. The second kappa shape index (κ2) is 7.78. The van der Waals surface area contributed by atoms with Crippen molar-refractivity contribution in [3.8, 4) is 0 Å². The molecule has 2 aliphatic rings. The molecule has 27 heavy (non-hydrogen) atoms. The van der Waals surface area contributed by atoms with Gasteiger partial charge in [0.2, 0.25) is 0 Å². The third kappa shape index (κ3) is 3.49. The molecule has 1 saturated heterocycles. The minimum atomic E-state index is -1.19. The number of aliphatic carboxylic acids is 1. The fourth-order valence-electron chi connectivity index (χ4n) is 2.71. The average Bonchev–Trinajstić information content (AvgIpc) is 3.08. The Balaban J connectivity index is 1.79. The second-order valence-electron chi connectivity index (χ2n) is 5.47. The van der Waals surface area contributed by atoms with Gasteiger partial charge in [-0.1, -0.05) is 5.16 Å². The Labute approximate surface area is 167 Å². The van der Waals surface area contributed by atoms with Crippen LogP contribution in [0.5, 0.6) is 0 Å². The summed E-state index contributed by atoms with van der Waals surface area (Å²) in [6.45, 7) is 0. The number of carboxylic acids is 1. The van der Waals surface area contributed by atoms with E-state index in [-0.39, 0.29) is 28.0 Å². The lowest BCUT2D eigenvalue weighted by molar-refractivity contribution is -0.150. The Kier molecular flexibility index (Phi) is 5.62. The minimum Gasteiger partial charge on any atom is -0.477 e. The van der Waals surface area contributed by atoms with Gasteiger partial charge in [-0.25, -0.2) is 9.78 Å². The molecule has 0 spiro atoms. The van der Waals surface area contributed by atoms with Crippen LogP contribution in [0, 0.1) is 0 Å². The highest BCUT2D eigenvalue weighted by atomic mass is 32.2. The Morgan fingerprint density at radius 3 is 2.89 bits per heavy atom. The van der Waals surface area contributed by atoms with Crippen LogP contribution in [-0.4, -0.2) is 68.5 Å². The quantitative estimate of drug-likeness (QED) is 0.209. The van der Waals surface area contributed by atoms with E-state index in [1.54, 1.807) is 5.38 Å². The summed E-state index contributed by atoms with van der Waals surface area (Å²) in [4.78, 5) is 46.5. The van der Waals surface area contributed by atoms with Crippen molar-refractivity contribution < 1.29 is 24.3 Å². The van der Waals surface area contributed by atoms with Crippen molar-refractivity contribution >= 4 is 64.4 Å². The monoisotopic (exact) mass is 429 g/mol. The highest BCUT2D eigenvalue weighted by Gasteiger charge is 2.54. The minimum absolute atomic E-state index is 0.0673.